The number of esters is 1. The van der Waals surface area contributed by atoms with E-state index in [4.69, 9.17) is 10.3 Å². The first-order valence-corrected chi connectivity index (χ1v) is 7.13. The molecular weight excluding hydrogens is 278 g/mol. The van der Waals surface area contributed by atoms with Crippen molar-refractivity contribution in [3.63, 3.8) is 0 Å². The van der Waals surface area contributed by atoms with Crippen molar-refractivity contribution in [2.24, 2.45) is 5.11 Å². The first-order valence-electron chi connectivity index (χ1n) is 7.13. The maximum atomic E-state index is 12.0. The van der Waals surface area contributed by atoms with Gasteiger partial charge >= 0.3 is 5.97 Å². The van der Waals surface area contributed by atoms with Crippen LogP contribution in [0.3, 0.4) is 0 Å². The molecule has 0 amide bonds. The van der Waals surface area contributed by atoms with Gasteiger partial charge in [0.05, 0.1) is 0 Å². The third kappa shape index (κ3) is 5.62. The molecule has 1 aromatic rings. The molecule has 0 unspecified atom stereocenters. The van der Waals surface area contributed by atoms with Crippen LogP contribution in [0.1, 0.15) is 52.7 Å². The van der Waals surface area contributed by atoms with Gasteiger partial charge in [0, 0.05) is 4.91 Å². The molecule has 0 radical (unpaired) electrons. The van der Waals surface area contributed by atoms with Gasteiger partial charge in [-0.25, -0.2) is 4.79 Å². The van der Waals surface area contributed by atoms with Crippen molar-refractivity contribution in [3.8, 4) is 0 Å². The van der Waals surface area contributed by atoms with Gasteiger partial charge < -0.3 is 4.74 Å². The predicted molar refractivity (Wildman–Crippen MR) is 88.1 cm³/mol. The molecule has 0 aliphatic heterocycles. The maximum absolute atomic E-state index is 12.0. The van der Waals surface area contributed by atoms with Crippen molar-refractivity contribution in [1.82, 2.24) is 0 Å². The molecular formula is C17H23N3O2. The zero-order chi connectivity index (χ0) is 17.0. The van der Waals surface area contributed by atoms with Gasteiger partial charge in [-0.15, -0.1) is 0 Å². The van der Waals surface area contributed by atoms with E-state index in [1.807, 2.05) is 24.3 Å². The molecule has 0 aliphatic rings. The first kappa shape index (κ1) is 17.8. The average molecular weight is 301 g/mol. The van der Waals surface area contributed by atoms with Crippen molar-refractivity contribution in [1.29, 1.82) is 0 Å². The van der Waals surface area contributed by atoms with E-state index in [9.17, 15) is 4.79 Å². The minimum absolute atomic E-state index is 0.0547. The second-order valence-electron chi connectivity index (χ2n) is 7.09. The Morgan fingerprint density at radius 3 is 2.09 bits per heavy atom. The summed E-state index contributed by atoms with van der Waals surface area (Å²) in [5, 5.41) is 3.44. The molecule has 0 spiro atoms. The van der Waals surface area contributed by atoms with E-state index in [-0.39, 0.29) is 11.1 Å². The van der Waals surface area contributed by atoms with Crippen molar-refractivity contribution in [3.05, 3.63) is 51.5 Å². The Morgan fingerprint density at radius 1 is 1.14 bits per heavy atom. The molecule has 1 rings (SSSR count). The Bertz CT molecular complexity index is 611. The van der Waals surface area contributed by atoms with E-state index in [0.29, 0.717) is 0 Å². The number of benzene rings is 1. The molecule has 5 heteroatoms. The second kappa shape index (κ2) is 6.67. The number of nitrogens with zero attached hydrogens (tertiary/aromatic N) is 3. The highest BCUT2D eigenvalue weighted by atomic mass is 16.6. The van der Waals surface area contributed by atoms with Crippen LogP contribution in [0.5, 0.6) is 0 Å². The van der Waals surface area contributed by atoms with Gasteiger partial charge in [0.2, 0.25) is 0 Å². The lowest BCUT2D eigenvalue weighted by molar-refractivity contribution is -0.149. The normalized spacial score (nSPS) is 12.5. The van der Waals surface area contributed by atoms with Crippen LogP contribution in [-0.2, 0) is 14.9 Å². The van der Waals surface area contributed by atoms with E-state index < -0.39 is 11.6 Å². The van der Waals surface area contributed by atoms with Crippen LogP contribution in [-0.4, -0.2) is 11.6 Å². The fourth-order valence-corrected chi connectivity index (χ4v) is 1.74. The molecule has 118 valence electrons. The zero-order valence-electron chi connectivity index (χ0n) is 14.0. The Kier molecular flexibility index (Phi) is 5.39. The minimum atomic E-state index is -0.642. The number of carbonyl (C=O) groups excluding carboxylic acids is 1. The fraction of sp³-hybridized carbons (Fsp3) is 0.471. The largest absolute Gasteiger partial charge is 0.456 e. The summed E-state index contributed by atoms with van der Waals surface area (Å²) in [4.78, 5) is 14.7. The van der Waals surface area contributed by atoms with Crippen molar-refractivity contribution < 1.29 is 9.53 Å². The van der Waals surface area contributed by atoms with Crippen LogP contribution in [0, 0.1) is 0 Å². The highest BCUT2D eigenvalue weighted by Crippen LogP contribution is 2.23. The number of hydrogen-bond acceptors (Lipinski definition) is 3. The molecule has 0 atom stereocenters. The van der Waals surface area contributed by atoms with Crippen LogP contribution in [0.15, 0.2) is 35.1 Å². The van der Waals surface area contributed by atoms with Gasteiger partial charge in [-0.05, 0) is 48.9 Å². The lowest BCUT2D eigenvalue weighted by Crippen LogP contribution is -2.24. The molecule has 0 saturated heterocycles. The van der Waals surface area contributed by atoms with E-state index in [1.54, 1.807) is 20.8 Å². The molecule has 0 saturated carbocycles. The number of carbonyl (C=O) groups is 1. The molecule has 0 bridgehead atoms. The van der Waals surface area contributed by atoms with E-state index in [2.05, 4.69) is 30.8 Å². The van der Waals surface area contributed by atoms with E-state index in [1.165, 1.54) is 11.6 Å². The Balaban J connectivity index is 3.09. The zero-order valence-corrected chi connectivity index (χ0v) is 14.0. The van der Waals surface area contributed by atoms with Gasteiger partial charge in [-0.3, -0.25) is 0 Å². The van der Waals surface area contributed by atoms with Gasteiger partial charge in [-0.2, -0.15) is 0 Å². The summed E-state index contributed by atoms with van der Waals surface area (Å²) in [6.07, 6.45) is 1.53. The highest BCUT2D eigenvalue weighted by molar-refractivity contribution is 5.93. The fourth-order valence-electron chi connectivity index (χ4n) is 1.74. The molecule has 0 aromatic heterocycles. The third-order valence-corrected chi connectivity index (χ3v) is 2.84. The molecule has 0 aliphatic carbocycles. The smallest absolute Gasteiger partial charge is 0.341 e. The van der Waals surface area contributed by atoms with Crippen molar-refractivity contribution in [2.45, 2.75) is 52.6 Å². The standard InChI is InChI=1S/C17H23N3O2/c1-16(2,3)13-9-7-12(8-10-13)11-14(19-20-18)15(21)22-17(4,5)6/h7-11H,1-6H3/b14-11-. The molecule has 5 nitrogen and oxygen atoms in total. The summed E-state index contributed by atoms with van der Waals surface area (Å²) in [6.45, 7) is 11.7. The molecule has 1 aromatic carbocycles. The number of ether oxygens (including phenoxy) is 1. The van der Waals surface area contributed by atoms with Crippen LogP contribution < -0.4 is 0 Å². The van der Waals surface area contributed by atoms with E-state index >= 15 is 0 Å². The lowest BCUT2D eigenvalue weighted by Gasteiger charge is -2.20. The van der Waals surface area contributed by atoms with Gasteiger partial charge in [0.15, 0.2) is 0 Å². The third-order valence-electron chi connectivity index (χ3n) is 2.84. The Hall–Kier alpha value is -2.26. The van der Waals surface area contributed by atoms with Gasteiger partial charge in [-0.1, -0.05) is 50.2 Å². The van der Waals surface area contributed by atoms with Gasteiger partial charge in [0.1, 0.15) is 11.3 Å². The average Bonchev–Trinajstić information content (AvgIpc) is 2.35. The van der Waals surface area contributed by atoms with Crippen LogP contribution in [0.2, 0.25) is 0 Å². The number of hydrogen-bond donors (Lipinski definition) is 0. The van der Waals surface area contributed by atoms with Crippen LogP contribution in [0.25, 0.3) is 16.5 Å². The number of azide groups is 1. The Labute approximate surface area is 131 Å². The predicted octanol–water partition coefficient (Wildman–Crippen LogP) is 4.98. The topological polar surface area (TPSA) is 75.1 Å². The summed E-state index contributed by atoms with van der Waals surface area (Å²) in [7, 11) is 0. The maximum Gasteiger partial charge on any atom is 0.341 e. The summed E-state index contributed by atoms with van der Waals surface area (Å²) < 4.78 is 5.23. The summed E-state index contributed by atoms with van der Waals surface area (Å²) >= 11 is 0. The SMILES string of the molecule is CC(C)(C)OC(=O)/C(=C/c1ccc(C(C)(C)C)cc1)N=[N+]=[N-]. The highest BCUT2D eigenvalue weighted by Gasteiger charge is 2.19. The Morgan fingerprint density at radius 2 is 1.68 bits per heavy atom. The van der Waals surface area contributed by atoms with E-state index in [0.717, 1.165) is 5.56 Å². The van der Waals surface area contributed by atoms with Crippen LogP contribution >= 0.6 is 0 Å². The summed E-state index contributed by atoms with van der Waals surface area (Å²) in [5.41, 5.74) is 9.95. The molecule has 0 heterocycles. The molecule has 0 fully saturated rings. The number of rotatable bonds is 3. The monoisotopic (exact) mass is 301 g/mol. The molecule has 22 heavy (non-hydrogen) atoms. The summed E-state index contributed by atoms with van der Waals surface area (Å²) in [5.74, 6) is -0.634. The second-order valence-corrected chi connectivity index (χ2v) is 7.09. The minimum Gasteiger partial charge on any atom is -0.456 e. The lowest BCUT2D eigenvalue weighted by atomic mass is 9.87. The quantitative estimate of drug-likeness (QED) is 0.260. The van der Waals surface area contributed by atoms with Gasteiger partial charge in [0.25, 0.3) is 0 Å². The van der Waals surface area contributed by atoms with Crippen molar-refractivity contribution >= 4 is 12.0 Å². The molecule has 0 N–H and O–H groups in total. The first-order chi connectivity index (χ1) is 10.0. The van der Waals surface area contributed by atoms with Crippen molar-refractivity contribution in [2.75, 3.05) is 0 Å². The van der Waals surface area contributed by atoms with Crippen LogP contribution in [0.4, 0.5) is 0 Å². The summed E-state index contributed by atoms with van der Waals surface area (Å²) in [6, 6.07) is 7.76.